The highest BCUT2D eigenvalue weighted by molar-refractivity contribution is 5.80. The highest BCUT2D eigenvalue weighted by Crippen LogP contribution is 2.18. The van der Waals surface area contributed by atoms with Crippen LogP contribution in [-0.4, -0.2) is 31.6 Å². The van der Waals surface area contributed by atoms with Gasteiger partial charge in [-0.2, -0.15) is 5.10 Å². The zero-order valence-corrected chi connectivity index (χ0v) is 14.0. The molecule has 3 aromatic heterocycles. The first-order valence-electron chi connectivity index (χ1n) is 8.31. The van der Waals surface area contributed by atoms with Gasteiger partial charge in [-0.3, -0.25) is 10.00 Å². The second kappa shape index (κ2) is 6.09. The number of aromatic nitrogens is 4. The number of nitrogens with zero attached hydrogens (tertiary/aromatic N) is 3. The molecular weight excluding hydrogens is 298 g/mol. The van der Waals surface area contributed by atoms with E-state index in [1.807, 2.05) is 19.3 Å². The Morgan fingerprint density at radius 3 is 2.83 bits per heavy atom. The van der Waals surface area contributed by atoms with Crippen molar-refractivity contribution in [2.75, 3.05) is 6.54 Å². The van der Waals surface area contributed by atoms with Crippen molar-refractivity contribution in [3.63, 3.8) is 0 Å². The first-order valence-corrected chi connectivity index (χ1v) is 8.31. The summed E-state index contributed by atoms with van der Waals surface area (Å²) in [5, 5.41) is 9.57. The summed E-state index contributed by atoms with van der Waals surface area (Å²) in [6.07, 6.45) is 3.92. The van der Waals surface area contributed by atoms with Crippen molar-refractivity contribution in [1.82, 2.24) is 25.1 Å². The van der Waals surface area contributed by atoms with Crippen molar-refractivity contribution in [3.8, 4) is 0 Å². The van der Waals surface area contributed by atoms with Crippen LogP contribution in [0.15, 0.2) is 42.7 Å². The van der Waals surface area contributed by atoms with Gasteiger partial charge in [0.1, 0.15) is 0 Å². The first-order chi connectivity index (χ1) is 11.7. The minimum Gasteiger partial charge on any atom is -0.361 e. The maximum absolute atomic E-state index is 4.46. The number of aromatic amines is 2. The lowest BCUT2D eigenvalue weighted by Gasteiger charge is -2.20. The second-order valence-corrected chi connectivity index (χ2v) is 6.27. The maximum atomic E-state index is 4.46. The van der Waals surface area contributed by atoms with E-state index < -0.39 is 0 Å². The fraction of sp³-hybridized carbons (Fsp3) is 0.263. The molecule has 0 saturated heterocycles. The van der Waals surface area contributed by atoms with Crippen molar-refractivity contribution >= 4 is 21.9 Å². The molecule has 3 heterocycles. The predicted octanol–water partition coefficient (Wildman–Crippen LogP) is 3.77. The molecular formula is C19H21N5. The Bertz CT molecular complexity index is 982. The number of hydrogen-bond acceptors (Lipinski definition) is 3. The van der Waals surface area contributed by atoms with Gasteiger partial charge < -0.3 is 4.98 Å². The van der Waals surface area contributed by atoms with Gasteiger partial charge in [0.05, 0.1) is 0 Å². The van der Waals surface area contributed by atoms with Gasteiger partial charge in [0.15, 0.2) is 5.65 Å². The summed E-state index contributed by atoms with van der Waals surface area (Å²) in [4.78, 5) is 10.1. The number of pyridine rings is 1. The molecule has 122 valence electrons. The van der Waals surface area contributed by atoms with Crippen molar-refractivity contribution in [3.05, 3.63) is 59.5 Å². The van der Waals surface area contributed by atoms with Crippen LogP contribution in [0.25, 0.3) is 21.9 Å². The van der Waals surface area contributed by atoms with E-state index >= 15 is 0 Å². The Kier molecular flexibility index (Phi) is 3.78. The fourth-order valence-electron chi connectivity index (χ4n) is 3.15. The van der Waals surface area contributed by atoms with Crippen molar-refractivity contribution in [2.24, 2.45) is 0 Å². The number of nitrogens with one attached hydrogen (secondary N) is 2. The quantitative estimate of drug-likeness (QED) is 0.588. The average molecular weight is 319 g/mol. The summed E-state index contributed by atoms with van der Waals surface area (Å²) in [6.45, 7) is 7.04. The highest BCUT2D eigenvalue weighted by atomic mass is 15.1. The van der Waals surface area contributed by atoms with E-state index in [0.717, 1.165) is 36.4 Å². The lowest BCUT2D eigenvalue weighted by atomic mass is 10.1. The van der Waals surface area contributed by atoms with E-state index in [9.17, 15) is 0 Å². The van der Waals surface area contributed by atoms with Crippen LogP contribution in [0.2, 0.25) is 0 Å². The minimum atomic E-state index is 0.789. The Morgan fingerprint density at radius 1 is 1.08 bits per heavy atom. The summed E-state index contributed by atoms with van der Waals surface area (Å²) in [5.74, 6) is 0. The van der Waals surface area contributed by atoms with Gasteiger partial charge in [0.2, 0.25) is 0 Å². The van der Waals surface area contributed by atoms with Gasteiger partial charge in [0.25, 0.3) is 0 Å². The molecule has 2 N–H and O–H groups in total. The molecule has 0 bridgehead atoms. The molecule has 0 atom stereocenters. The van der Waals surface area contributed by atoms with Crippen LogP contribution in [0, 0.1) is 6.92 Å². The molecule has 0 aliphatic carbocycles. The van der Waals surface area contributed by atoms with Crippen LogP contribution in [0.5, 0.6) is 0 Å². The Hall–Kier alpha value is -2.66. The van der Waals surface area contributed by atoms with Crippen molar-refractivity contribution in [2.45, 2.75) is 26.9 Å². The van der Waals surface area contributed by atoms with E-state index in [-0.39, 0.29) is 0 Å². The largest absolute Gasteiger partial charge is 0.361 e. The van der Waals surface area contributed by atoms with Gasteiger partial charge in [0, 0.05) is 42.1 Å². The summed E-state index contributed by atoms with van der Waals surface area (Å²) >= 11 is 0. The molecule has 0 radical (unpaired) electrons. The van der Waals surface area contributed by atoms with Crippen LogP contribution in [-0.2, 0) is 13.1 Å². The Labute approximate surface area is 140 Å². The van der Waals surface area contributed by atoms with E-state index in [4.69, 9.17) is 0 Å². The SMILES string of the molecule is CCN(Cc1ccc2[nH]ccc2c1)Cc1cnc2n[nH]c(C)c2c1. The van der Waals surface area contributed by atoms with Gasteiger partial charge in [-0.1, -0.05) is 13.0 Å². The first kappa shape index (κ1) is 14.9. The van der Waals surface area contributed by atoms with Crippen molar-refractivity contribution < 1.29 is 0 Å². The minimum absolute atomic E-state index is 0.789. The Balaban J connectivity index is 1.54. The number of H-pyrrole nitrogens is 2. The number of rotatable bonds is 5. The molecule has 5 nitrogen and oxygen atoms in total. The monoisotopic (exact) mass is 319 g/mol. The molecule has 0 saturated carbocycles. The lowest BCUT2D eigenvalue weighted by molar-refractivity contribution is 0.271. The van der Waals surface area contributed by atoms with E-state index in [1.54, 1.807) is 0 Å². The van der Waals surface area contributed by atoms with Crippen LogP contribution in [0.1, 0.15) is 23.7 Å². The molecule has 1 aromatic carbocycles. The standard InChI is InChI=1S/C19H21N5/c1-3-24(11-14-4-5-18-16(8-14)6-7-20-18)12-15-9-17-13(2)22-23-19(17)21-10-15/h4-10,20H,3,11-12H2,1-2H3,(H,21,22,23). The van der Waals surface area contributed by atoms with Crippen LogP contribution in [0.3, 0.4) is 0 Å². The molecule has 0 unspecified atom stereocenters. The molecule has 0 fully saturated rings. The number of fused-ring (bicyclic) bond motifs is 2. The molecule has 0 amide bonds. The molecule has 4 aromatic rings. The number of aryl methyl sites for hydroxylation is 1. The molecule has 0 aliphatic heterocycles. The van der Waals surface area contributed by atoms with Gasteiger partial charge in [-0.25, -0.2) is 4.98 Å². The fourth-order valence-corrected chi connectivity index (χ4v) is 3.15. The molecule has 24 heavy (non-hydrogen) atoms. The zero-order valence-electron chi connectivity index (χ0n) is 14.0. The Morgan fingerprint density at radius 2 is 1.96 bits per heavy atom. The van der Waals surface area contributed by atoms with Crippen LogP contribution in [0.4, 0.5) is 0 Å². The van der Waals surface area contributed by atoms with Crippen molar-refractivity contribution in [1.29, 1.82) is 0 Å². The summed E-state index contributed by atoms with van der Waals surface area (Å²) in [6, 6.07) is 10.9. The normalized spacial score (nSPS) is 11.8. The van der Waals surface area contributed by atoms with Gasteiger partial charge in [-0.05, 0) is 54.2 Å². The molecule has 4 rings (SSSR count). The van der Waals surface area contributed by atoms with Gasteiger partial charge in [-0.15, -0.1) is 0 Å². The lowest BCUT2D eigenvalue weighted by Crippen LogP contribution is -2.22. The highest BCUT2D eigenvalue weighted by Gasteiger charge is 2.09. The summed E-state index contributed by atoms with van der Waals surface area (Å²) in [7, 11) is 0. The van der Waals surface area contributed by atoms with E-state index in [1.165, 1.54) is 22.0 Å². The molecule has 0 aliphatic rings. The summed E-state index contributed by atoms with van der Waals surface area (Å²) in [5.41, 5.74) is 5.60. The van der Waals surface area contributed by atoms with E-state index in [0.29, 0.717) is 0 Å². The third-order valence-corrected chi connectivity index (χ3v) is 4.53. The molecule has 0 spiro atoms. The number of hydrogen-bond donors (Lipinski definition) is 2. The van der Waals surface area contributed by atoms with Crippen LogP contribution >= 0.6 is 0 Å². The third kappa shape index (κ3) is 2.78. The smallest absolute Gasteiger partial charge is 0.181 e. The molecule has 5 heteroatoms. The summed E-state index contributed by atoms with van der Waals surface area (Å²) < 4.78 is 0. The average Bonchev–Trinajstić information content (AvgIpc) is 3.21. The number of benzene rings is 1. The maximum Gasteiger partial charge on any atom is 0.181 e. The van der Waals surface area contributed by atoms with Crippen LogP contribution < -0.4 is 0 Å². The second-order valence-electron chi connectivity index (χ2n) is 6.27. The predicted molar refractivity (Wildman–Crippen MR) is 96.7 cm³/mol. The van der Waals surface area contributed by atoms with Gasteiger partial charge >= 0.3 is 0 Å². The topological polar surface area (TPSA) is 60.6 Å². The zero-order chi connectivity index (χ0) is 16.5. The van der Waals surface area contributed by atoms with E-state index in [2.05, 4.69) is 62.3 Å². The third-order valence-electron chi connectivity index (χ3n) is 4.53.